The summed E-state index contributed by atoms with van der Waals surface area (Å²) in [5.41, 5.74) is 6.85. The number of oxazole rings is 1. The molecule has 0 saturated heterocycles. The van der Waals surface area contributed by atoms with Crippen LogP contribution in [0.2, 0.25) is 5.02 Å². The van der Waals surface area contributed by atoms with Gasteiger partial charge in [0.15, 0.2) is 5.76 Å². The average Bonchev–Trinajstić information content (AvgIpc) is 2.94. The maximum absolute atomic E-state index is 10.3. The van der Waals surface area contributed by atoms with E-state index in [4.69, 9.17) is 26.9 Å². The first kappa shape index (κ1) is 15.3. The predicted molar refractivity (Wildman–Crippen MR) is 79.1 cm³/mol. The third-order valence-electron chi connectivity index (χ3n) is 2.94. The first-order chi connectivity index (χ1) is 10.1. The molecule has 4 N–H and O–H groups in total. The molecule has 0 saturated carbocycles. The maximum Gasteiger partial charge on any atom is 0.404 e. The Bertz CT molecular complexity index is 598. The van der Waals surface area contributed by atoms with Gasteiger partial charge in [-0.1, -0.05) is 11.6 Å². The minimum Gasteiger partial charge on any atom is -0.465 e. The molecule has 21 heavy (non-hydrogen) atoms. The number of carboxylic acid groups (broad SMARTS) is 1. The van der Waals surface area contributed by atoms with Crippen molar-refractivity contribution in [2.24, 2.45) is 5.73 Å². The van der Waals surface area contributed by atoms with Gasteiger partial charge < -0.3 is 20.6 Å². The van der Waals surface area contributed by atoms with Gasteiger partial charge in [-0.2, -0.15) is 0 Å². The highest BCUT2D eigenvalue weighted by atomic mass is 35.5. The zero-order chi connectivity index (χ0) is 15.2. The second-order valence-corrected chi connectivity index (χ2v) is 4.99. The van der Waals surface area contributed by atoms with Crippen LogP contribution in [0.4, 0.5) is 4.79 Å². The minimum atomic E-state index is -1.04. The molecular formula is C14H16ClN3O3. The van der Waals surface area contributed by atoms with Gasteiger partial charge in [0.05, 0.1) is 12.2 Å². The van der Waals surface area contributed by atoms with Gasteiger partial charge in [-0.05, 0) is 37.1 Å². The molecule has 1 atom stereocenters. The van der Waals surface area contributed by atoms with Crippen molar-refractivity contribution in [2.75, 3.05) is 6.54 Å². The van der Waals surface area contributed by atoms with E-state index in [1.165, 1.54) is 0 Å². The van der Waals surface area contributed by atoms with Crippen LogP contribution in [0.25, 0.3) is 11.3 Å². The highest BCUT2D eigenvalue weighted by Crippen LogP contribution is 2.25. The molecule has 0 aliphatic rings. The van der Waals surface area contributed by atoms with Crippen LogP contribution in [0.15, 0.2) is 34.9 Å². The second-order valence-electron chi connectivity index (χ2n) is 4.55. The molecule has 0 unspecified atom stereocenters. The van der Waals surface area contributed by atoms with E-state index >= 15 is 0 Å². The van der Waals surface area contributed by atoms with E-state index in [2.05, 4.69) is 10.3 Å². The van der Waals surface area contributed by atoms with Crippen molar-refractivity contribution < 1.29 is 14.3 Å². The summed E-state index contributed by atoms with van der Waals surface area (Å²) in [6, 6.07) is 6.87. The Hall–Kier alpha value is -2.05. The van der Waals surface area contributed by atoms with Gasteiger partial charge in [0.1, 0.15) is 0 Å². The number of amides is 1. The van der Waals surface area contributed by atoms with Gasteiger partial charge in [-0.25, -0.2) is 9.78 Å². The highest BCUT2D eigenvalue weighted by Gasteiger charge is 2.13. The summed E-state index contributed by atoms with van der Waals surface area (Å²) in [5, 5.41) is 11.4. The molecule has 0 spiro atoms. The Kier molecular flexibility index (Phi) is 5.19. The number of nitrogens with zero attached hydrogens (tertiary/aromatic N) is 1. The Balaban J connectivity index is 1.92. The van der Waals surface area contributed by atoms with E-state index in [0.29, 0.717) is 36.1 Å². The number of nitrogens with two attached hydrogens (primary N) is 1. The van der Waals surface area contributed by atoms with Crippen molar-refractivity contribution in [3.63, 3.8) is 0 Å². The average molecular weight is 310 g/mol. The SMILES string of the molecule is N[C@@H](CCCNC(=O)O)c1ncc(-c2ccc(Cl)cc2)o1. The van der Waals surface area contributed by atoms with Crippen LogP contribution in [-0.2, 0) is 0 Å². The van der Waals surface area contributed by atoms with Gasteiger partial charge in [0.25, 0.3) is 0 Å². The van der Waals surface area contributed by atoms with Crippen LogP contribution in [-0.4, -0.2) is 22.7 Å². The van der Waals surface area contributed by atoms with Gasteiger partial charge in [-0.3, -0.25) is 0 Å². The van der Waals surface area contributed by atoms with Crippen molar-refractivity contribution >= 4 is 17.7 Å². The molecular weight excluding hydrogens is 294 g/mol. The van der Waals surface area contributed by atoms with Crippen LogP contribution in [0.1, 0.15) is 24.8 Å². The lowest BCUT2D eigenvalue weighted by Crippen LogP contribution is -2.23. The molecule has 2 aromatic rings. The molecule has 0 radical (unpaired) electrons. The number of hydrogen-bond acceptors (Lipinski definition) is 4. The predicted octanol–water partition coefficient (Wildman–Crippen LogP) is 3.04. The molecule has 1 aromatic carbocycles. The summed E-state index contributed by atoms with van der Waals surface area (Å²) >= 11 is 5.83. The number of benzene rings is 1. The number of halogens is 1. The Morgan fingerprint density at radius 2 is 2.14 bits per heavy atom. The largest absolute Gasteiger partial charge is 0.465 e. The summed E-state index contributed by atoms with van der Waals surface area (Å²) in [7, 11) is 0. The maximum atomic E-state index is 10.3. The van der Waals surface area contributed by atoms with Crippen molar-refractivity contribution in [1.29, 1.82) is 0 Å². The zero-order valence-electron chi connectivity index (χ0n) is 11.3. The lowest BCUT2D eigenvalue weighted by atomic mass is 10.1. The summed E-state index contributed by atoms with van der Waals surface area (Å²) < 4.78 is 5.63. The fourth-order valence-electron chi connectivity index (χ4n) is 1.85. The Morgan fingerprint density at radius 3 is 2.81 bits per heavy atom. The third-order valence-corrected chi connectivity index (χ3v) is 3.19. The third kappa shape index (κ3) is 4.47. The number of nitrogens with one attached hydrogen (secondary N) is 1. The summed E-state index contributed by atoms with van der Waals surface area (Å²) in [6.45, 7) is 0.355. The quantitative estimate of drug-likeness (QED) is 0.712. The fourth-order valence-corrected chi connectivity index (χ4v) is 1.97. The Morgan fingerprint density at radius 1 is 1.43 bits per heavy atom. The van der Waals surface area contributed by atoms with Gasteiger partial charge in [-0.15, -0.1) is 0 Å². The number of carbonyl (C=O) groups is 1. The van der Waals surface area contributed by atoms with E-state index in [-0.39, 0.29) is 6.04 Å². The summed E-state index contributed by atoms with van der Waals surface area (Å²) in [6.07, 6.45) is 1.78. The molecule has 0 aliphatic heterocycles. The summed E-state index contributed by atoms with van der Waals surface area (Å²) in [5.74, 6) is 1.07. The minimum absolute atomic E-state index is 0.355. The first-order valence-electron chi connectivity index (χ1n) is 6.50. The van der Waals surface area contributed by atoms with Crippen molar-refractivity contribution in [2.45, 2.75) is 18.9 Å². The van der Waals surface area contributed by atoms with Crippen molar-refractivity contribution in [3.05, 3.63) is 41.4 Å². The van der Waals surface area contributed by atoms with Crippen LogP contribution in [0, 0.1) is 0 Å². The highest BCUT2D eigenvalue weighted by molar-refractivity contribution is 6.30. The van der Waals surface area contributed by atoms with Gasteiger partial charge in [0, 0.05) is 17.1 Å². The van der Waals surface area contributed by atoms with Gasteiger partial charge >= 0.3 is 6.09 Å². The molecule has 2 rings (SSSR count). The van der Waals surface area contributed by atoms with Crippen molar-refractivity contribution in [1.82, 2.24) is 10.3 Å². The van der Waals surface area contributed by atoms with E-state index in [1.54, 1.807) is 18.3 Å². The van der Waals surface area contributed by atoms with Crippen LogP contribution < -0.4 is 11.1 Å². The smallest absolute Gasteiger partial charge is 0.404 e. The van der Waals surface area contributed by atoms with Crippen molar-refractivity contribution in [3.8, 4) is 11.3 Å². The number of aromatic nitrogens is 1. The molecule has 1 heterocycles. The summed E-state index contributed by atoms with van der Waals surface area (Å²) in [4.78, 5) is 14.5. The van der Waals surface area contributed by atoms with Crippen LogP contribution in [0.3, 0.4) is 0 Å². The molecule has 0 fully saturated rings. The Labute approximate surface area is 126 Å². The fraction of sp³-hybridized carbons (Fsp3) is 0.286. The first-order valence-corrected chi connectivity index (χ1v) is 6.88. The lowest BCUT2D eigenvalue weighted by molar-refractivity contribution is 0.194. The topological polar surface area (TPSA) is 101 Å². The standard InChI is InChI=1S/C14H16ClN3O3/c15-10-5-3-9(4-6-10)12-8-18-13(21-12)11(16)2-1-7-17-14(19)20/h3-6,8,11,17H,1-2,7,16H2,(H,19,20)/t11-/m0/s1. The number of hydrogen-bond donors (Lipinski definition) is 3. The molecule has 112 valence electrons. The molecule has 7 heteroatoms. The van der Waals surface area contributed by atoms with E-state index in [9.17, 15) is 4.79 Å². The van der Waals surface area contributed by atoms with E-state index < -0.39 is 6.09 Å². The zero-order valence-corrected chi connectivity index (χ0v) is 12.0. The molecule has 1 amide bonds. The monoisotopic (exact) mass is 309 g/mol. The van der Waals surface area contributed by atoms with Crippen LogP contribution in [0.5, 0.6) is 0 Å². The molecule has 6 nitrogen and oxygen atoms in total. The molecule has 0 bridgehead atoms. The molecule has 0 aliphatic carbocycles. The molecule has 1 aromatic heterocycles. The van der Waals surface area contributed by atoms with Gasteiger partial charge in [0.2, 0.25) is 5.89 Å². The lowest BCUT2D eigenvalue weighted by Gasteiger charge is -2.07. The second kappa shape index (κ2) is 7.10. The normalized spacial score (nSPS) is 12.1. The van der Waals surface area contributed by atoms with E-state index in [1.807, 2.05) is 12.1 Å². The van der Waals surface area contributed by atoms with E-state index in [0.717, 1.165) is 5.56 Å². The number of rotatable bonds is 6. The van der Waals surface area contributed by atoms with Crippen LogP contribution >= 0.6 is 11.6 Å².